The summed E-state index contributed by atoms with van der Waals surface area (Å²) in [6, 6.07) is 6.85. The Morgan fingerprint density at radius 2 is 1.59 bits per heavy atom. The predicted octanol–water partition coefficient (Wildman–Crippen LogP) is 5.68. The molecule has 19 atom stereocenters. The number of amides is 2. The molecule has 0 aromatic heterocycles. The number of hydrogen-bond donors (Lipinski definition) is 4. The third-order valence-electron chi connectivity index (χ3n) is 15.8. The number of rotatable bonds is 13. The van der Waals surface area contributed by atoms with Crippen molar-refractivity contribution >= 4 is 23.9 Å². The molecule has 5 aliphatic rings. The van der Waals surface area contributed by atoms with Gasteiger partial charge in [0.1, 0.15) is 29.3 Å². The van der Waals surface area contributed by atoms with Gasteiger partial charge in [0.25, 0.3) is 0 Å². The Labute approximate surface area is 421 Å². The number of aliphatic hydroxyl groups excluding tert-OH is 1. The standard InChI is InChI=1S/C51H82N4O15.CH4/c1-15-37-51(10)42(54-48(60)70-51)29(4)39(56)27(2)25-49(8,61-13)43(68-46-40(57)35(55(11)12)24-28(3)64-46)30(5)41(31(6)45(58)66-37)67-38-26-50(9,62-14)44(32(7)65-38)69-47(59)53-22-21-52-34-20-23-63-36-19-17-16-18-33(34)36;/h16-19,27-32,34-35,37-38,40-44,46,52,57H,15,20-26H2,1-14H3,(H,53,59)(H,54,60);1H4/t27?,28?,29?,30?,31?,32?,34?,35?,37-,38?,40?,41?,42?,43?,44?,46?,49?,50?,51?;/m1./s1. The number of methoxy groups -OCH3 is 2. The van der Waals surface area contributed by atoms with Gasteiger partial charge in [-0.1, -0.05) is 53.3 Å². The van der Waals surface area contributed by atoms with Gasteiger partial charge in [0.2, 0.25) is 0 Å². The minimum absolute atomic E-state index is 0. The van der Waals surface area contributed by atoms with Crippen molar-refractivity contribution in [2.75, 3.05) is 48.0 Å². The van der Waals surface area contributed by atoms with Crippen molar-refractivity contribution in [3.8, 4) is 5.75 Å². The molecule has 0 spiro atoms. The number of ketones is 1. The van der Waals surface area contributed by atoms with Crippen molar-refractivity contribution in [3.63, 3.8) is 0 Å². The second-order valence-electron chi connectivity index (χ2n) is 21.1. The van der Waals surface area contributed by atoms with Gasteiger partial charge in [-0.25, -0.2) is 9.59 Å². The topological polar surface area (TPSA) is 220 Å². The van der Waals surface area contributed by atoms with Crippen LogP contribution in [0.25, 0.3) is 0 Å². The number of hydrogen-bond acceptors (Lipinski definition) is 17. The molecule has 4 N–H and O–H groups in total. The highest BCUT2D eigenvalue weighted by molar-refractivity contribution is 5.85. The zero-order valence-corrected chi connectivity index (χ0v) is 43.8. The third-order valence-corrected chi connectivity index (χ3v) is 15.8. The highest BCUT2D eigenvalue weighted by atomic mass is 16.7. The zero-order chi connectivity index (χ0) is 51.5. The number of carbonyl (C=O) groups excluding carboxylic acids is 4. The molecule has 2 amide bonds. The molecule has 4 saturated heterocycles. The van der Waals surface area contributed by atoms with E-state index in [1.165, 1.54) is 14.2 Å². The summed E-state index contributed by atoms with van der Waals surface area (Å²) in [6.45, 7) is 19.3. The van der Waals surface area contributed by atoms with Gasteiger partial charge < -0.3 is 73.3 Å². The van der Waals surface area contributed by atoms with E-state index in [9.17, 15) is 24.3 Å². The lowest BCUT2D eigenvalue weighted by atomic mass is 9.73. The van der Waals surface area contributed by atoms with Gasteiger partial charge in [-0.2, -0.15) is 0 Å². The predicted molar refractivity (Wildman–Crippen MR) is 263 cm³/mol. The number of fused-ring (bicyclic) bond motifs is 2. The molecule has 5 aliphatic heterocycles. The van der Waals surface area contributed by atoms with Crippen LogP contribution in [0.15, 0.2) is 24.3 Å². The second kappa shape index (κ2) is 24.1. The maximum Gasteiger partial charge on any atom is 0.408 e. The number of aliphatic hydroxyl groups is 1. The first-order valence-electron chi connectivity index (χ1n) is 25.2. The second-order valence-corrected chi connectivity index (χ2v) is 21.1. The van der Waals surface area contributed by atoms with Crippen molar-refractivity contribution in [2.45, 2.75) is 199 Å². The van der Waals surface area contributed by atoms with Crippen molar-refractivity contribution < 1.29 is 71.7 Å². The number of Topliss-reactive ketones (excluding diaryl/α,β-unsaturated/α-hetero) is 1. The number of nitrogens with zero attached hydrogens (tertiary/aromatic N) is 1. The van der Waals surface area contributed by atoms with Crippen LogP contribution in [0.2, 0.25) is 0 Å². The van der Waals surface area contributed by atoms with Crippen molar-refractivity contribution in [1.82, 2.24) is 20.9 Å². The van der Waals surface area contributed by atoms with E-state index in [1.54, 1.807) is 27.7 Å². The molecule has 0 radical (unpaired) electrons. The van der Waals surface area contributed by atoms with Crippen LogP contribution < -0.4 is 20.7 Å². The molecule has 18 unspecified atom stereocenters. The van der Waals surface area contributed by atoms with Crippen LogP contribution >= 0.6 is 0 Å². The molecule has 19 nitrogen and oxygen atoms in total. The average Bonchev–Trinajstić information content (AvgIpc) is 3.64. The summed E-state index contributed by atoms with van der Waals surface area (Å²) in [6.07, 6.45) is -7.69. The minimum atomic E-state index is -1.40. The lowest BCUT2D eigenvalue weighted by molar-refractivity contribution is -0.319. The normalized spacial score (nSPS) is 41.2. The number of carbonyl (C=O) groups is 4. The number of para-hydroxylation sites is 1. The van der Waals surface area contributed by atoms with Gasteiger partial charge in [-0.05, 0) is 81.0 Å². The summed E-state index contributed by atoms with van der Waals surface area (Å²) in [5.74, 6) is -3.15. The van der Waals surface area contributed by atoms with E-state index < -0.39 is 114 Å². The van der Waals surface area contributed by atoms with E-state index in [4.69, 9.17) is 47.4 Å². The van der Waals surface area contributed by atoms with E-state index in [-0.39, 0.29) is 50.7 Å². The van der Waals surface area contributed by atoms with E-state index in [2.05, 4.69) is 16.0 Å². The van der Waals surface area contributed by atoms with Crippen molar-refractivity contribution in [2.24, 2.45) is 23.7 Å². The summed E-state index contributed by atoms with van der Waals surface area (Å²) in [7, 11) is 6.84. The van der Waals surface area contributed by atoms with Crippen LogP contribution in [-0.4, -0.2) is 166 Å². The maximum absolute atomic E-state index is 14.8. The molecule has 5 heterocycles. The highest BCUT2D eigenvalue weighted by Crippen LogP contribution is 2.43. The molecule has 6 rings (SSSR count). The lowest BCUT2D eigenvalue weighted by Crippen LogP contribution is -2.62. The number of alkyl carbamates (subject to hydrolysis) is 2. The molecule has 4 fully saturated rings. The molecule has 71 heavy (non-hydrogen) atoms. The monoisotopic (exact) mass is 1010 g/mol. The Morgan fingerprint density at radius 3 is 2.25 bits per heavy atom. The van der Waals surface area contributed by atoms with E-state index in [1.807, 2.05) is 84.8 Å². The summed E-state index contributed by atoms with van der Waals surface area (Å²) >= 11 is 0. The number of benzene rings is 1. The van der Waals surface area contributed by atoms with E-state index >= 15 is 0 Å². The molecular weight excluding hydrogens is 921 g/mol. The largest absolute Gasteiger partial charge is 0.493 e. The van der Waals surface area contributed by atoms with Crippen LogP contribution in [0, 0.1) is 23.7 Å². The maximum atomic E-state index is 14.8. The first kappa shape index (κ1) is 58.2. The Balaban J connectivity index is 0.00000937. The van der Waals surface area contributed by atoms with E-state index in [0.717, 1.165) is 17.7 Å². The summed E-state index contributed by atoms with van der Waals surface area (Å²) in [5, 5.41) is 21.0. The minimum Gasteiger partial charge on any atom is -0.493 e. The van der Waals surface area contributed by atoms with Crippen LogP contribution in [0.5, 0.6) is 5.75 Å². The molecule has 0 saturated carbocycles. The molecule has 1 aromatic carbocycles. The van der Waals surface area contributed by atoms with Crippen LogP contribution in [-0.2, 0) is 52.2 Å². The fourth-order valence-electron chi connectivity index (χ4n) is 11.7. The first-order chi connectivity index (χ1) is 33.0. The molecule has 19 heteroatoms. The lowest BCUT2D eigenvalue weighted by Gasteiger charge is -2.50. The zero-order valence-electron chi connectivity index (χ0n) is 43.8. The van der Waals surface area contributed by atoms with Crippen molar-refractivity contribution in [1.29, 1.82) is 0 Å². The number of cyclic esters (lactones) is 1. The number of nitrogens with one attached hydrogen (secondary N) is 3. The van der Waals surface area contributed by atoms with Crippen LogP contribution in [0.4, 0.5) is 9.59 Å². The van der Waals surface area contributed by atoms with Gasteiger partial charge in [0, 0.05) is 75.6 Å². The van der Waals surface area contributed by atoms with Crippen LogP contribution in [0.3, 0.4) is 0 Å². The van der Waals surface area contributed by atoms with Gasteiger partial charge in [0.15, 0.2) is 24.3 Å². The smallest absolute Gasteiger partial charge is 0.408 e. The molecular formula is C52H86N4O15. The summed E-state index contributed by atoms with van der Waals surface area (Å²) < 4.78 is 63.5. The Morgan fingerprint density at radius 1 is 0.915 bits per heavy atom. The van der Waals surface area contributed by atoms with Gasteiger partial charge in [0.05, 0.1) is 48.6 Å². The molecule has 404 valence electrons. The number of ether oxygens (including phenoxy) is 10. The third kappa shape index (κ3) is 12.7. The Kier molecular flexibility index (Phi) is 19.8. The van der Waals surface area contributed by atoms with Gasteiger partial charge in [-0.3, -0.25) is 9.59 Å². The summed E-state index contributed by atoms with van der Waals surface area (Å²) in [5.41, 5.74) is -2.73. The molecule has 0 aliphatic carbocycles. The van der Waals surface area contributed by atoms with Crippen LogP contribution in [0.1, 0.15) is 120 Å². The number of likely N-dealkylation sites (N-methyl/N-ethyl adjacent to an activating group) is 1. The fourth-order valence-corrected chi connectivity index (χ4v) is 11.7. The Hall–Kier alpha value is -3.66. The van der Waals surface area contributed by atoms with Crippen molar-refractivity contribution in [3.05, 3.63) is 29.8 Å². The molecule has 0 bridgehead atoms. The quantitative estimate of drug-likeness (QED) is 0.106. The van der Waals surface area contributed by atoms with E-state index in [0.29, 0.717) is 26.1 Å². The van der Waals surface area contributed by atoms with Gasteiger partial charge in [-0.15, -0.1) is 0 Å². The average molecular weight is 1010 g/mol. The first-order valence-corrected chi connectivity index (χ1v) is 25.2. The Bertz CT molecular complexity index is 1960. The number of esters is 1. The highest BCUT2D eigenvalue weighted by Gasteiger charge is 2.58. The van der Waals surface area contributed by atoms with Gasteiger partial charge >= 0.3 is 18.2 Å². The SMILES string of the molecule is C.CC[C@H]1OC(=O)C(C)C(OC2CC(C)(OC)C(OC(=O)NCCNC3CCOc4ccccc43)C(C)O2)C(C)C(OC2OC(C)CC(N(C)C)C2O)C(C)(OC)CC(C)C(=O)C(C)C2NC(=O)OC21C. The molecule has 1 aromatic rings. The summed E-state index contributed by atoms with van der Waals surface area (Å²) in [4.78, 5) is 57.6. The fraction of sp³-hybridized carbons (Fsp3) is 0.808.